The van der Waals surface area contributed by atoms with E-state index in [1.165, 1.54) is 17.0 Å². The van der Waals surface area contributed by atoms with Crippen molar-refractivity contribution in [3.05, 3.63) is 34.6 Å². The molecule has 1 aromatic carbocycles. The number of alkyl halides is 1. The Morgan fingerprint density at radius 1 is 1.50 bits per heavy atom. The fourth-order valence-corrected chi connectivity index (χ4v) is 1.72. The van der Waals surface area contributed by atoms with Crippen molar-refractivity contribution in [3.63, 3.8) is 0 Å². The normalized spacial score (nSPS) is 10.4. The summed E-state index contributed by atoms with van der Waals surface area (Å²) < 4.78 is 18.8. The van der Waals surface area contributed by atoms with E-state index in [4.69, 9.17) is 16.3 Å². The number of halogens is 3. The van der Waals surface area contributed by atoms with Crippen LogP contribution >= 0.6 is 27.5 Å². The first-order chi connectivity index (χ1) is 8.56. The van der Waals surface area contributed by atoms with Crippen LogP contribution in [0.5, 0.6) is 0 Å². The molecule has 0 aromatic heterocycles. The van der Waals surface area contributed by atoms with Gasteiger partial charge in [0.15, 0.2) is 0 Å². The minimum absolute atomic E-state index is 0.0161. The quantitative estimate of drug-likeness (QED) is 0.589. The van der Waals surface area contributed by atoms with E-state index in [1.54, 1.807) is 7.05 Å². The van der Waals surface area contributed by atoms with Gasteiger partial charge in [0.25, 0.3) is 5.91 Å². The minimum Gasteiger partial charge on any atom is -0.379 e. The maximum atomic E-state index is 13.5. The Morgan fingerprint density at radius 2 is 2.22 bits per heavy atom. The van der Waals surface area contributed by atoms with Gasteiger partial charge in [-0.25, -0.2) is 4.39 Å². The fourth-order valence-electron chi connectivity index (χ4n) is 1.33. The van der Waals surface area contributed by atoms with Gasteiger partial charge < -0.3 is 9.64 Å². The largest absolute Gasteiger partial charge is 0.379 e. The Balaban J connectivity index is 2.57. The molecule has 1 aromatic rings. The highest BCUT2D eigenvalue weighted by molar-refractivity contribution is 9.09. The number of amides is 1. The van der Waals surface area contributed by atoms with Crippen molar-refractivity contribution in [1.29, 1.82) is 0 Å². The second kappa shape index (κ2) is 7.71. The molecule has 100 valence electrons. The van der Waals surface area contributed by atoms with Crippen LogP contribution in [0, 0.1) is 5.82 Å². The minimum atomic E-state index is -0.610. The van der Waals surface area contributed by atoms with Crippen LogP contribution < -0.4 is 0 Å². The van der Waals surface area contributed by atoms with Crippen LogP contribution in [-0.2, 0) is 4.74 Å². The molecule has 0 heterocycles. The van der Waals surface area contributed by atoms with Gasteiger partial charge in [-0.2, -0.15) is 0 Å². The Bertz CT molecular complexity index is 417. The van der Waals surface area contributed by atoms with Crippen LogP contribution in [0.15, 0.2) is 18.2 Å². The predicted octanol–water partition coefficient (Wildman–Crippen LogP) is 2.96. The van der Waals surface area contributed by atoms with E-state index < -0.39 is 5.82 Å². The van der Waals surface area contributed by atoms with Crippen molar-refractivity contribution in [1.82, 2.24) is 4.90 Å². The topological polar surface area (TPSA) is 29.5 Å². The Kier molecular flexibility index (Phi) is 6.60. The zero-order valence-electron chi connectivity index (χ0n) is 9.96. The lowest BCUT2D eigenvalue weighted by Crippen LogP contribution is -2.31. The average molecular weight is 339 g/mol. The number of hydrogen-bond acceptors (Lipinski definition) is 2. The summed E-state index contributed by atoms with van der Waals surface area (Å²) in [5, 5.41) is 1.02. The summed E-state index contributed by atoms with van der Waals surface area (Å²) in [4.78, 5) is 13.3. The van der Waals surface area contributed by atoms with Crippen LogP contribution in [0.1, 0.15) is 10.4 Å². The molecular formula is C12H14BrClFNO2. The molecule has 0 unspecified atom stereocenters. The molecule has 0 saturated heterocycles. The third-order valence-electron chi connectivity index (χ3n) is 2.30. The SMILES string of the molecule is CN(CCOCCBr)C(=O)c1ccc(Cl)cc1F. The van der Waals surface area contributed by atoms with Gasteiger partial charge in [0.05, 0.1) is 18.8 Å². The molecule has 0 aliphatic carbocycles. The first-order valence-electron chi connectivity index (χ1n) is 5.40. The number of carbonyl (C=O) groups is 1. The van der Waals surface area contributed by atoms with Crippen molar-refractivity contribution in [2.24, 2.45) is 0 Å². The third-order valence-corrected chi connectivity index (χ3v) is 2.86. The van der Waals surface area contributed by atoms with Crippen molar-refractivity contribution >= 4 is 33.4 Å². The number of benzene rings is 1. The summed E-state index contributed by atoms with van der Waals surface area (Å²) in [6.07, 6.45) is 0. The molecule has 18 heavy (non-hydrogen) atoms. The van der Waals surface area contributed by atoms with Crippen molar-refractivity contribution in [2.75, 3.05) is 32.1 Å². The molecule has 0 aliphatic rings. The Morgan fingerprint density at radius 3 is 2.83 bits per heavy atom. The molecule has 3 nitrogen and oxygen atoms in total. The highest BCUT2D eigenvalue weighted by Crippen LogP contribution is 2.15. The lowest BCUT2D eigenvalue weighted by molar-refractivity contribution is 0.0709. The van der Waals surface area contributed by atoms with Gasteiger partial charge in [-0.1, -0.05) is 27.5 Å². The summed E-state index contributed by atoms with van der Waals surface area (Å²) in [6.45, 7) is 1.41. The van der Waals surface area contributed by atoms with E-state index in [-0.39, 0.29) is 16.5 Å². The number of nitrogens with zero attached hydrogens (tertiary/aromatic N) is 1. The van der Waals surface area contributed by atoms with Gasteiger partial charge in [0, 0.05) is 23.9 Å². The molecule has 1 rings (SSSR count). The molecule has 6 heteroatoms. The second-order valence-electron chi connectivity index (χ2n) is 3.65. The number of ether oxygens (including phenoxy) is 1. The van der Waals surface area contributed by atoms with Gasteiger partial charge in [-0.3, -0.25) is 4.79 Å². The molecular weight excluding hydrogens is 324 g/mol. The van der Waals surface area contributed by atoms with Crippen LogP contribution in [0.4, 0.5) is 4.39 Å². The van der Waals surface area contributed by atoms with E-state index >= 15 is 0 Å². The first-order valence-corrected chi connectivity index (χ1v) is 6.90. The molecule has 0 spiro atoms. The molecule has 0 atom stereocenters. The standard InChI is InChI=1S/C12H14BrClFNO2/c1-16(5-7-18-6-4-13)12(17)10-3-2-9(14)8-11(10)15/h2-3,8H,4-7H2,1H3. The molecule has 0 fully saturated rings. The zero-order chi connectivity index (χ0) is 13.5. The predicted molar refractivity (Wildman–Crippen MR) is 73.0 cm³/mol. The maximum absolute atomic E-state index is 13.5. The van der Waals surface area contributed by atoms with E-state index in [0.29, 0.717) is 19.8 Å². The number of likely N-dealkylation sites (N-methyl/N-ethyl adjacent to an activating group) is 1. The Hall–Kier alpha value is -0.650. The first kappa shape index (κ1) is 15.4. The van der Waals surface area contributed by atoms with E-state index in [1.807, 2.05) is 0 Å². The summed E-state index contributed by atoms with van der Waals surface area (Å²) in [5.74, 6) is -0.993. The van der Waals surface area contributed by atoms with Gasteiger partial charge in [0.1, 0.15) is 5.82 Å². The van der Waals surface area contributed by atoms with Gasteiger partial charge in [0.2, 0.25) is 0 Å². The number of rotatable bonds is 6. The molecule has 0 bridgehead atoms. The summed E-state index contributed by atoms with van der Waals surface area (Å²) in [7, 11) is 1.61. The molecule has 1 amide bonds. The van der Waals surface area contributed by atoms with Crippen molar-refractivity contribution in [3.8, 4) is 0 Å². The van der Waals surface area contributed by atoms with E-state index in [0.717, 1.165) is 11.4 Å². The molecule has 0 saturated carbocycles. The van der Waals surface area contributed by atoms with Crippen LogP contribution in [0.25, 0.3) is 0 Å². The smallest absolute Gasteiger partial charge is 0.256 e. The van der Waals surface area contributed by atoms with Crippen LogP contribution in [0.3, 0.4) is 0 Å². The van der Waals surface area contributed by atoms with Gasteiger partial charge in [-0.05, 0) is 18.2 Å². The number of carbonyl (C=O) groups excluding carboxylic acids is 1. The van der Waals surface area contributed by atoms with Crippen LogP contribution in [-0.4, -0.2) is 42.9 Å². The van der Waals surface area contributed by atoms with Crippen molar-refractivity contribution < 1.29 is 13.9 Å². The highest BCUT2D eigenvalue weighted by Gasteiger charge is 2.16. The van der Waals surface area contributed by atoms with Crippen molar-refractivity contribution in [2.45, 2.75) is 0 Å². The Labute approximate surface area is 119 Å². The van der Waals surface area contributed by atoms with E-state index in [2.05, 4.69) is 15.9 Å². The fraction of sp³-hybridized carbons (Fsp3) is 0.417. The summed E-state index contributed by atoms with van der Waals surface area (Å²) >= 11 is 8.86. The molecule has 0 N–H and O–H groups in total. The summed E-state index contributed by atoms with van der Waals surface area (Å²) in [6, 6.07) is 4.01. The van der Waals surface area contributed by atoms with E-state index in [9.17, 15) is 9.18 Å². The zero-order valence-corrected chi connectivity index (χ0v) is 12.3. The maximum Gasteiger partial charge on any atom is 0.256 e. The van der Waals surface area contributed by atoms with Gasteiger partial charge >= 0.3 is 0 Å². The molecule has 0 radical (unpaired) electrons. The monoisotopic (exact) mass is 337 g/mol. The second-order valence-corrected chi connectivity index (χ2v) is 4.88. The summed E-state index contributed by atoms with van der Waals surface area (Å²) in [5.41, 5.74) is 0.0161. The third kappa shape index (κ3) is 4.55. The average Bonchev–Trinajstić information content (AvgIpc) is 2.33. The van der Waals surface area contributed by atoms with Crippen LogP contribution in [0.2, 0.25) is 5.02 Å². The van der Waals surface area contributed by atoms with Gasteiger partial charge in [-0.15, -0.1) is 0 Å². The number of hydrogen-bond donors (Lipinski definition) is 0. The highest BCUT2D eigenvalue weighted by atomic mass is 79.9. The molecule has 0 aliphatic heterocycles. The lowest BCUT2D eigenvalue weighted by Gasteiger charge is -2.17. The lowest BCUT2D eigenvalue weighted by atomic mass is 10.2.